The van der Waals surface area contributed by atoms with E-state index in [0.717, 1.165) is 17.4 Å². The maximum atomic E-state index is 4.46. The molecule has 0 aromatic carbocycles. The Bertz CT molecular complexity index is 289. The van der Waals surface area contributed by atoms with Crippen LogP contribution >= 0.6 is 15.9 Å². The second-order valence-electron chi connectivity index (χ2n) is 3.91. The molecule has 2 nitrogen and oxygen atoms in total. The van der Waals surface area contributed by atoms with Crippen molar-refractivity contribution < 1.29 is 0 Å². The van der Waals surface area contributed by atoms with Crippen LogP contribution in [-0.4, -0.2) is 9.78 Å². The summed E-state index contributed by atoms with van der Waals surface area (Å²) in [6, 6.07) is 0. The minimum Gasteiger partial charge on any atom is -0.266 e. The number of hydrogen-bond acceptors (Lipinski definition) is 1. The third-order valence-corrected chi connectivity index (χ3v) is 3.27. The summed E-state index contributed by atoms with van der Waals surface area (Å²) < 4.78 is 3.03. The molecular formula is C10H17BrN2. The van der Waals surface area contributed by atoms with Crippen LogP contribution < -0.4 is 0 Å². The van der Waals surface area contributed by atoms with Crippen LogP contribution in [0.3, 0.4) is 0 Å². The average molecular weight is 245 g/mol. The van der Waals surface area contributed by atoms with Crippen LogP contribution in [-0.2, 0) is 12.0 Å². The quantitative estimate of drug-likeness (QED) is 0.798. The maximum absolute atomic E-state index is 4.46. The zero-order valence-electron chi connectivity index (χ0n) is 8.76. The second-order valence-corrected chi connectivity index (χ2v) is 4.66. The van der Waals surface area contributed by atoms with Crippen LogP contribution in [0.25, 0.3) is 0 Å². The number of hydrogen-bond donors (Lipinski definition) is 0. The van der Waals surface area contributed by atoms with E-state index in [-0.39, 0.29) is 5.54 Å². The van der Waals surface area contributed by atoms with E-state index in [2.05, 4.69) is 59.6 Å². The van der Waals surface area contributed by atoms with Crippen LogP contribution in [0.15, 0.2) is 10.8 Å². The first-order chi connectivity index (χ1) is 6.01. The summed E-state index contributed by atoms with van der Waals surface area (Å²) in [5.74, 6) is 0. The van der Waals surface area contributed by atoms with Crippen molar-refractivity contribution in [3.8, 4) is 0 Å². The molecule has 0 saturated carbocycles. The van der Waals surface area contributed by atoms with Gasteiger partial charge in [-0.25, -0.2) is 0 Å². The molecule has 0 fully saturated rings. The molecule has 0 bridgehead atoms. The molecule has 0 unspecified atom stereocenters. The Hall–Kier alpha value is -0.310. The summed E-state index contributed by atoms with van der Waals surface area (Å²) in [6.45, 7) is 8.73. The van der Waals surface area contributed by atoms with Gasteiger partial charge in [0.05, 0.1) is 5.54 Å². The monoisotopic (exact) mass is 244 g/mol. The Morgan fingerprint density at radius 2 is 2.08 bits per heavy atom. The molecule has 0 aliphatic heterocycles. The lowest BCUT2D eigenvalue weighted by Crippen LogP contribution is -2.25. The smallest absolute Gasteiger partial charge is 0.131 e. The van der Waals surface area contributed by atoms with Gasteiger partial charge in [-0.1, -0.05) is 13.8 Å². The van der Waals surface area contributed by atoms with Crippen molar-refractivity contribution in [2.24, 2.45) is 0 Å². The lowest BCUT2D eigenvalue weighted by Gasteiger charge is -2.23. The highest BCUT2D eigenvalue weighted by molar-refractivity contribution is 9.10. The minimum atomic E-state index is 0.121. The first kappa shape index (κ1) is 10.8. The first-order valence-corrected chi connectivity index (χ1v) is 5.55. The normalized spacial score (nSPS) is 12.1. The summed E-state index contributed by atoms with van der Waals surface area (Å²) in [6.07, 6.45) is 4.25. The van der Waals surface area contributed by atoms with Crippen LogP contribution in [0.4, 0.5) is 0 Å². The highest BCUT2D eigenvalue weighted by Gasteiger charge is 2.19. The van der Waals surface area contributed by atoms with Gasteiger partial charge in [0.2, 0.25) is 0 Å². The van der Waals surface area contributed by atoms with E-state index >= 15 is 0 Å². The van der Waals surface area contributed by atoms with Crippen molar-refractivity contribution in [3.63, 3.8) is 0 Å². The summed E-state index contributed by atoms with van der Waals surface area (Å²) in [4.78, 5) is 0. The molecule has 1 heterocycles. The van der Waals surface area contributed by atoms with Crippen molar-refractivity contribution in [3.05, 3.63) is 16.4 Å². The topological polar surface area (TPSA) is 17.8 Å². The SMILES string of the molecule is CCc1cn(C(C)(C)CC)nc1Br. The van der Waals surface area contributed by atoms with Gasteiger partial charge in [0.15, 0.2) is 0 Å². The molecule has 0 atom stereocenters. The lowest BCUT2D eigenvalue weighted by atomic mass is 10.0. The molecule has 1 rings (SSSR count). The van der Waals surface area contributed by atoms with E-state index in [1.165, 1.54) is 5.56 Å². The van der Waals surface area contributed by atoms with Gasteiger partial charge < -0.3 is 0 Å². The van der Waals surface area contributed by atoms with E-state index in [1.54, 1.807) is 0 Å². The molecule has 13 heavy (non-hydrogen) atoms. The standard InChI is InChI=1S/C10H17BrN2/c1-5-8-7-13(12-9(8)11)10(3,4)6-2/h7H,5-6H2,1-4H3. The Morgan fingerprint density at radius 1 is 1.46 bits per heavy atom. The Kier molecular flexibility index (Phi) is 3.17. The Labute approximate surface area is 88.5 Å². The largest absolute Gasteiger partial charge is 0.266 e. The summed E-state index contributed by atoms with van der Waals surface area (Å²) in [5.41, 5.74) is 1.40. The van der Waals surface area contributed by atoms with Crippen LogP contribution in [0.2, 0.25) is 0 Å². The summed E-state index contributed by atoms with van der Waals surface area (Å²) in [7, 11) is 0. The van der Waals surface area contributed by atoms with E-state index in [1.807, 2.05) is 0 Å². The molecule has 74 valence electrons. The molecule has 0 aliphatic carbocycles. The van der Waals surface area contributed by atoms with E-state index < -0.39 is 0 Å². The van der Waals surface area contributed by atoms with E-state index in [4.69, 9.17) is 0 Å². The fourth-order valence-corrected chi connectivity index (χ4v) is 1.65. The predicted molar refractivity (Wildman–Crippen MR) is 58.9 cm³/mol. The van der Waals surface area contributed by atoms with Gasteiger partial charge in [-0.2, -0.15) is 5.10 Å². The molecule has 0 N–H and O–H groups in total. The third-order valence-electron chi connectivity index (χ3n) is 2.60. The van der Waals surface area contributed by atoms with Crippen LogP contribution in [0.1, 0.15) is 39.7 Å². The highest BCUT2D eigenvalue weighted by atomic mass is 79.9. The van der Waals surface area contributed by atoms with Gasteiger partial charge in [-0.05, 0) is 42.6 Å². The van der Waals surface area contributed by atoms with Crippen molar-refractivity contribution in [1.29, 1.82) is 0 Å². The predicted octanol–water partition coefficient (Wildman–Crippen LogP) is 3.35. The van der Waals surface area contributed by atoms with Crippen molar-refractivity contribution in [2.75, 3.05) is 0 Å². The van der Waals surface area contributed by atoms with Gasteiger partial charge in [0, 0.05) is 11.8 Å². The highest BCUT2D eigenvalue weighted by Crippen LogP contribution is 2.23. The number of halogens is 1. The number of aryl methyl sites for hydroxylation is 1. The van der Waals surface area contributed by atoms with E-state index in [0.29, 0.717) is 0 Å². The zero-order valence-corrected chi connectivity index (χ0v) is 10.3. The molecule has 1 aromatic heterocycles. The second kappa shape index (κ2) is 3.82. The maximum Gasteiger partial charge on any atom is 0.131 e. The average Bonchev–Trinajstić information content (AvgIpc) is 2.47. The van der Waals surface area contributed by atoms with Gasteiger partial charge in [-0.15, -0.1) is 0 Å². The minimum absolute atomic E-state index is 0.121. The molecule has 0 aliphatic rings. The van der Waals surface area contributed by atoms with Crippen LogP contribution in [0, 0.1) is 0 Å². The van der Waals surface area contributed by atoms with Crippen molar-refractivity contribution in [2.45, 2.75) is 46.1 Å². The Morgan fingerprint density at radius 3 is 2.46 bits per heavy atom. The third kappa shape index (κ3) is 2.13. The summed E-state index contributed by atoms with van der Waals surface area (Å²) >= 11 is 3.47. The van der Waals surface area contributed by atoms with E-state index in [9.17, 15) is 0 Å². The van der Waals surface area contributed by atoms with Gasteiger partial charge in [0.1, 0.15) is 4.60 Å². The van der Waals surface area contributed by atoms with Crippen molar-refractivity contribution in [1.82, 2.24) is 9.78 Å². The molecule has 0 radical (unpaired) electrons. The zero-order chi connectivity index (χ0) is 10.1. The molecule has 3 heteroatoms. The van der Waals surface area contributed by atoms with Gasteiger partial charge >= 0.3 is 0 Å². The molecule has 0 spiro atoms. The lowest BCUT2D eigenvalue weighted by molar-refractivity contribution is 0.306. The molecular weight excluding hydrogens is 228 g/mol. The van der Waals surface area contributed by atoms with Crippen molar-refractivity contribution >= 4 is 15.9 Å². The van der Waals surface area contributed by atoms with Crippen LogP contribution in [0.5, 0.6) is 0 Å². The molecule has 0 amide bonds. The fourth-order valence-electron chi connectivity index (χ4n) is 1.10. The molecule has 1 aromatic rings. The summed E-state index contributed by atoms with van der Waals surface area (Å²) in [5, 5.41) is 4.46. The van der Waals surface area contributed by atoms with Gasteiger partial charge in [0.25, 0.3) is 0 Å². The molecule has 0 saturated heterocycles. The van der Waals surface area contributed by atoms with Gasteiger partial charge in [-0.3, -0.25) is 4.68 Å². The number of rotatable bonds is 3. The fraction of sp³-hybridized carbons (Fsp3) is 0.700. The Balaban J connectivity index is 3.03. The number of nitrogens with zero attached hydrogens (tertiary/aromatic N) is 2. The first-order valence-electron chi connectivity index (χ1n) is 4.75. The number of aromatic nitrogens is 2.